The third-order valence-corrected chi connectivity index (χ3v) is 10.2. The lowest BCUT2D eigenvalue weighted by Crippen LogP contribution is -2.67. The van der Waals surface area contributed by atoms with E-state index in [1.807, 2.05) is 12.1 Å². The lowest BCUT2D eigenvalue weighted by Gasteiger charge is -2.43. The molecule has 4 heteroatoms. The zero-order chi connectivity index (χ0) is 20.2. The van der Waals surface area contributed by atoms with E-state index in [1.54, 1.807) is 12.1 Å². The molecule has 0 aliphatic rings. The number of hydrogen-bond acceptors (Lipinski definition) is 2. The number of nitrogens with two attached hydrogens (primary N) is 1. The molecule has 0 amide bonds. The van der Waals surface area contributed by atoms with Crippen LogP contribution < -0.4 is 16.1 Å². The number of rotatable bonds is 6. The Labute approximate surface area is 168 Å². The zero-order valence-corrected chi connectivity index (χ0v) is 17.7. The lowest BCUT2D eigenvalue weighted by atomic mass is 10.1. The third-order valence-electron chi connectivity index (χ3n) is 5.19. The average molecular weight is 394 g/mol. The summed E-state index contributed by atoms with van der Waals surface area (Å²) in [4.78, 5) is 0. The van der Waals surface area contributed by atoms with Crippen LogP contribution in [-0.2, 0) is 4.43 Å². The van der Waals surface area contributed by atoms with E-state index >= 15 is 0 Å². The van der Waals surface area contributed by atoms with Gasteiger partial charge in [-0.1, -0.05) is 93.6 Å². The van der Waals surface area contributed by atoms with Gasteiger partial charge in [-0.15, -0.1) is 0 Å². The van der Waals surface area contributed by atoms with Crippen LogP contribution in [0.4, 0.5) is 4.39 Å². The molecule has 0 aliphatic carbocycles. The van der Waals surface area contributed by atoms with Crippen LogP contribution in [0.5, 0.6) is 0 Å². The predicted molar refractivity (Wildman–Crippen MR) is 117 cm³/mol. The van der Waals surface area contributed by atoms with Crippen LogP contribution in [-0.4, -0.2) is 14.9 Å². The maximum Gasteiger partial charge on any atom is 0.261 e. The Balaban J connectivity index is 2.02. The Bertz CT molecular complexity index is 836. The van der Waals surface area contributed by atoms with Crippen molar-refractivity contribution < 1.29 is 8.82 Å². The first-order valence-corrected chi connectivity index (χ1v) is 11.5. The topological polar surface area (TPSA) is 35.2 Å². The van der Waals surface area contributed by atoms with Crippen molar-refractivity contribution >= 4 is 18.7 Å². The molecule has 0 saturated heterocycles. The molecular formula is C24H28FNOSi. The molecular weight excluding hydrogens is 365 g/mol. The van der Waals surface area contributed by atoms with Crippen LogP contribution >= 0.6 is 0 Å². The molecule has 0 radical (unpaired) electrons. The summed E-state index contributed by atoms with van der Waals surface area (Å²) in [5, 5.41) is 2.35. The Morgan fingerprint density at radius 3 is 1.71 bits per heavy atom. The zero-order valence-electron chi connectivity index (χ0n) is 16.7. The van der Waals surface area contributed by atoms with Crippen molar-refractivity contribution in [2.24, 2.45) is 5.73 Å². The van der Waals surface area contributed by atoms with Gasteiger partial charge >= 0.3 is 0 Å². The molecule has 0 heterocycles. The van der Waals surface area contributed by atoms with E-state index in [2.05, 4.69) is 69.3 Å². The van der Waals surface area contributed by atoms with Crippen molar-refractivity contribution in [3.8, 4) is 0 Å². The Morgan fingerprint density at radius 1 is 0.821 bits per heavy atom. The molecule has 0 bridgehead atoms. The minimum atomic E-state index is -2.61. The SMILES string of the molecule is CC(C)(C)[Si](OC[C@H](N)c1ccc(F)cc1)(c1ccccc1)c1ccccc1. The molecule has 3 rings (SSSR count). The second-order valence-corrected chi connectivity index (χ2v) is 12.4. The average Bonchev–Trinajstić information content (AvgIpc) is 2.69. The quantitative estimate of drug-likeness (QED) is 0.630. The summed E-state index contributed by atoms with van der Waals surface area (Å²) in [7, 11) is -2.61. The van der Waals surface area contributed by atoms with Crippen LogP contribution in [0.1, 0.15) is 32.4 Å². The molecule has 28 heavy (non-hydrogen) atoms. The summed E-state index contributed by atoms with van der Waals surface area (Å²) in [5.41, 5.74) is 7.30. The number of benzene rings is 3. The van der Waals surface area contributed by atoms with E-state index < -0.39 is 8.32 Å². The van der Waals surface area contributed by atoms with Gasteiger partial charge in [0.2, 0.25) is 0 Å². The monoisotopic (exact) mass is 393 g/mol. The van der Waals surface area contributed by atoms with Gasteiger partial charge < -0.3 is 10.2 Å². The first-order valence-electron chi connectivity index (χ1n) is 9.60. The summed E-state index contributed by atoms with van der Waals surface area (Å²) in [5.74, 6) is -0.260. The van der Waals surface area contributed by atoms with Gasteiger partial charge in [-0.3, -0.25) is 0 Å². The Kier molecular flexibility index (Phi) is 6.13. The van der Waals surface area contributed by atoms with Crippen molar-refractivity contribution in [3.05, 3.63) is 96.3 Å². The smallest absolute Gasteiger partial charge is 0.261 e. The third kappa shape index (κ3) is 4.09. The number of hydrogen-bond donors (Lipinski definition) is 1. The molecule has 0 aromatic heterocycles. The minimum Gasteiger partial charge on any atom is -0.405 e. The van der Waals surface area contributed by atoms with Gasteiger partial charge in [0.25, 0.3) is 8.32 Å². The fourth-order valence-corrected chi connectivity index (χ4v) is 8.37. The van der Waals surface area contributed by atoms with Crippen LogP contribution in [0.3, 0.4) is 0 Å². The van der Waals surface area contributed by atoms with E-state index in [1.165, 1.54) is 22.5 Å². The first-order chi connectivity index (χ1) is 13.3. The van der Waals surface area contributed by atoms with E-state index in [-0.39, 0.29) is 16.9 Å². The Morgan fingerprint density at radius 2 is 1.29 bits per heavy atom. The van der Waals surface area contributed by atoms with Gasteiger partial charge in [-0.2, -0.15) is 0 Å². The highest BCUT2D eigenvalue weighted by Crippen LogP contribution is 2.37. The Hall–Kier alpha value is -2.27. The van der Waals surface area contributed by atoms with E-state index in [0.717, 1.165) is 5.56 Å². The molecule has 3 aromatic rings. The fraction of sp³-hybridized carbons (Fsp3) is 0.250. The number of halogens is 1. The molecule has 0 aliphatic heterocycles. The molecule has 0 saturated carbocycles. The van der Waals surface area contributed by atoms with Crippen LogP contribution in [0.25, 0.3) is 0 Å². The van der Waals surface area contributed by atoms with Crippen LogP contribution in [0, 0.1) is 5.82 Å². The summed E-state index contributed by atoms with van der Waals surface area (Å²) >= 11 is 0. The van der Waals surface area contributed by atoms with Crippen molar-refractivity contribution in [2.45, 2.75) is 31.9 Å². The van der Waals surface area contributed by atoms with E-state index in [9.17, 15) is 4.39 Å². The maximum absolute atomic E-state index is 13.3. The van der Waals surface area contributed by atoms with Crippen LogP contribution in [0.15, 0.2) is 84.9 Å². The highest BCUT2D eigenvalue weighted by Gasteiger charge is 2.50. The maximum atomic E-state index is 13.3. The normalized spacial score (nSPS) is 13.3. The molecule has 2 N–H and O–H groups in total. The van der Waals surface area contributed by atoms with Gasteiger partial charge in [-0.25, -0.2) is 4.39 Å². The molecule has 0 spiro atoms. The van der Waals surface area contributed by atoms with Gasteiger partial charge in [0.1, 0.15) is 5.82 Å². The highest BCUT2D eigenvalue weighted by molar-refractivity contribution is 6.99. The van der Waals surface area contributed by atoms with Crippen molar-refractivity contribution in [1.82, 2.24) is 0 Å². The second-order valence-electron chi connectivity index (χ2n) is 8.13. The first kappa shape index (κ1) is 20.5. The molecule has 0 fully saturated rings. The van der Waals surface area contributed by atoms with E-state index in [0.29, 0.717) is 6.61 Å². The highest BCUT2D eigenvalue weighted by atomic mass is 28.4. The van der Waals surface area contributed by atoms with Crippen molar-refractivity contribution in [2.75, 3.05) is 6.61 Å². The largest absolute Gasteiger partial charge is 0.405 e. The molecule has 2 nitrogen and oxygen atoms in total. The van der Waals surface area contributed by atoms with Gasteiger partial charge in [-0.05, 0) is 33.1 Å². The lowest BCUT2D eigenvalue weighted by molar-refractivity contribution is 0.273. The van der Waals surface area contributed by atoms with Gasteiger partial charge in [0.15, 0.2) is 0 Å². The summed E-state index contributed by atoms with van der Waals surface area (Å²) in [6.45, 7) is 7.09. The standard InChI is InChI=1S/C24H28FNOSi/c1-24(2,3)28(21-10-6-4-7-11-21,22-12-8-5-9-13-22)27-18-23(26)19-14-16-20(25)17-15-19/h4-17,23H,18,26H2,1-3H3/t23-/m0/s1. The fourth-order valence-electron chi connectivity index (χ4n) is 3.78. The van der Waals surface area contributed by atoms with E-state index in [4.69, 9.17) is 10.2 Å². The van der Waals surface area contributed by atoms with Crippen LogP contribution in [0.2, 0.25) is 5.04 Å². The van der Waals surface area contributed by atoms with Crippen molar-refractivity contribution in [3.63, 3.8) is 0 Å². The summed E-state index contributed by atoms with van der Waals surface area (Å²) in [6, 6.07) is 27.0. The molecule has 3 aromatic carbocycles. The molecule has 0 unspecified atom stereocenters. The molecule has 146 valence electrons. The van der Waals surface area contributed by atoms with Gasteiger partial charge in [0.05, 0.1) is 12.6 Å². The summed E-state index contributed by atoms with van der Waals surface area (Å²) < 4.78 is 20.1. The summed E-state index contributed by atoms with van der Waals surface area (Å²) in [6.07, 6.45) is 0. The second kappa shape index (κ2) is 8.39. The minimum absolute atomic E-state index is 0.0990. The van der Waals surface area contributed by atoms with Crippen molar-refractivity contribution in [1.29, 1.82) is 0 Å². The van der Waals surface area contributed by atoms with Gasteiger partial charge in [0, 0.05) is 0 Å². The predicted octanol–water partition coefficient (Wildman–Crippen LogP) is 4.40. The molecule has 1 atom stereocenters.